The molecule has 0 fully saturated rings. The fraction of sp³-hybridized carbons (Fsp3) is 0.515. The molecule has 2 aromatic carbocycles. The van der Waals surface area contributed by atoms with E-state index in [1.54, 1.807) is 12.1 Å². The van der Waals surface area contributed by atoms with Crippen molar-refractivity contribution >= 4 is 53.7 Å². The van der Waals surface area contributed by atoms with Crippen molar-refractivity contribution in [1.29, 1.82) is 0 Å². The lowest BCUT2D eigenvalue weighted by Gasteiger charge is -2.28. The van der Waals surface area contributed by atoms with Crippen LogP contribution in [0.5, 0.6) is 0 Å². The Kier molecular flexibility index (Phi) is 9.79. The van der Waals surface area contributed by atoms with E-state index in [4.69, 9.17) is 14.5 Å². The first-order chi connectivity index (χ1) is 22.5. The summed E-state index contributed by atoms with van der Waals surface area (Å²) in [6, 6.07) is 6.25. The fourth-order valence-corrected chi connectivity index (χ4v) is 8.41. The molecule has 2 aromatic heterocycles. The van der Waals surface area contributed by atoms with Gasteiger partial charge in [-0.3, -0.25) is 0 Å². The molecule has 2 aliphatic heterocycles. The Hall–Kier alpha value is -3.82. The van der Waals surface area contributed by atoms with Gasteiger partial charge in [0.2, 0.25) is 0 Å². The average molecular weight is 702 g/mol. The van der Waals surface area contributed by atoms with E-state index in [2.05, 4.69) is 42.6 Å². The summed E-state index contributed by atoms with van der Waals surface area (Å²) < 4.78 is 62.2. The molecular weight excluding hydrogens is 659 g/mol. The van der Waals surface area contributed by atoms with E-state index < -0.39 is 31.6 Å². The van der Waals surface area contributed by atoms with Gasteiger partial charge < -0.3 is 23.9 Å². The largest absolute Gasteiger partial charge is 0.465 e. The number of hydrogen-bond acceptors (Lipinski definition) is 11. The number of aromatic nitrogens is 4. The fourth-order valence-electron chi connectivity index (χ4n) is 6.67. The number of carbonyl (C=O) groups is 2. The number of benzene rings is 2. The number of sulfone groups is 2. The van der Waals surface area contributed by atoms with Gasteiger partial charge in [-0.15, -0.1) is 0 Å². The maximum absolute atomic E-state index is 12.1. The summed E-state index contributed by atoms with van der Waals surface area (Å²) in [5, 5.41) is 3.44. The van der Waals surface area contributed by atoms with Gasteiger partial charge >= 0.3 is 11.9 Å². The lowest BCUT2D eigenvalue weighted by atomic mass is 9.88. The number of imidazole rings is 2. The molecular formula is C33H43N5O8S2. The summed E-state index contributed by atoms with van der Waals surface area (Å²) in [4.78, 5) is 33.4. The van der Waals surface area contributed by atoms with Crippen molar-refractivity contribution in [2.45, 2.75) is 75.4 Å². The Balaban J connectivity index is 0.000000188. The highest BCUT2D eigenvalue weighted by Gasteiger charge is 2.31. The second-order valence-corrected chi connectivity index (χ2v) is 17.1. The summed E-state index contributed by atoms with van der Waals surface area (Å²) in [5.74, 6) is 1.64. The second kappa shape index (κ2) is 13.2. The highest BCUT2D eigenvalue weighted by Crippen LogP contribution is 2.37. The molecule has 0 saturated heterocycles. The minimum atomic E-state index is -3.57. The van der Waals surface area contributed by atoms with Crippen molar-refractivity contribution in [3.05, 3.63) is 47.0 Å². The van der Waals surface area contributed by atoms with Crippen LogP contribution in [-0.2, 0) is 42.2 Å². The minimum absolute atomic E-state index is 0.00350. The number of esters is 2. The van der Waals surface area contributed by atoms with Crippen molar-refractivity contribution in [2.75, 3.05) is 33.3 Å². The van der Waals surface area contributed by atoms with Crippen LogP contribution in [0.15, 0.2) is 34.1 Å². The van der Waals surface area contributed by atoms with Gasteiger partial charge in [-0.05, 0) is 48.9 Å². The van der Waals surface area contributed by atoms with Crippen molar-refractivity contribution in [3.63, 3.8) is 0 Å². The van der Waals surface area contributed by atoms with Crippen LogP contribution in [-0.4, -0.2) is 81.2 Å². The van der Waals surface area contributed by atoms with Crippen LogP contribution in [0.3, 0.4) is 0 Å². The number of nitrogens with zero attached hydrogens (tertiary/aromatic N) is 4. The van der Waals surface area contributed by atoms with Crippen LogP contribution >= 0.6 is 0 Å². The van der Waals surface area contributed by atoms with Crippen LogP contribution in [0.25, 0.3) is 22.1 Å². The number of aryl methyl sites for hydroxylation is 1. The topological polar surface area (TPSA) is 169 Å². The van der Waals surface area contributed by atoms with Crippen LogP contribution in [0.2, 0.25) is 0 Å². The first-order valence-electron chi connectivity index (χ1n) is 15.9. The van der Waals surface area contributed by atoms with Gasteiger partial charge in [-0.1, -0.05) is 27.7 Å². The Morgan fingerprint density at radius 3 is 1.69 bits per heavy atom. The predicted octanol–water partition coefficient (Wildman–Crippen LogP) is 4.29. The molecule has 0 saturated carbocycles. The number of fused-ring (bicyclic) bond motifs is 6. The molecule has 260 valence electrons. The van der Waals surface area contributed by atoms with Gasteiger partial charge in [-0.25, -0.2) is 36.4 Å². The molecule has 4 heterocycles. The molecule has 0 spiro atoms. The maximum atomic E-state index is 12.1. The van der Waals surface area contributed by atoms with E-state index in [0.717, 1.165) is 61.1 Å². The monoisotopic (exact) mass is 701 g/mol. The minimum Gasteiger partial charge on any atom is -0.465 e. The molecule has 0 unspecified atom stereocenters. The summed E-state index contributed by atoms with van der Waals surface area (Å²) in [7, 11) is -4.65. The first-order valence-corrected chi connectivity index (χ1v) is 19.6. The van der Waals surface area contributed by atoms with Crippen LogP contribution in [0, 0.1) is 11.8 Å². The van der Waals surface area contributed by atoms with Gasteiger partial charge in [0.15, 0.2) is 19.7 Å². The van der Waals surface area contributed by atoms with Crippen LogP contribution in [0.4, 0.5) is 0 Å². The van der Waals surface area contributed by atoms with Crippen molar-refractivity contribution < 1.29 is 35.9 Å². The van der Waals surface area contributed by atoms with E-state index in [1.165, 1.54) is 26.4 Å². The molecule has 4 aromatic rings. The van der Waals surface area contributed by atoms with E-state index in [9.17, 15) is 26.4 Å². The summed E-state index contributed by atoms with van der Waals surface area (Å²) >= 11 is 0. The van der Waals surface area contributed by atoms with Gasteiger partial charge in [-0.2, -0.15) is 0 Å². The van der Waals surface area contributed by atoms with Gasteiger partial charge in [0.1, 0.15) is 11.6 Å². The number of rotatable bonds is 6. The number of hydrogen-bond donors (Lipinski definition) is 1. The summed E-state index contributed by atoms with van der Waals surface area (Å²) in [6.45, 7) is 10.9. The van der Waals surface area contributed by atoms with Crippen molar-refractivity contribution in [1.82, 2.24) is 24.4 Å². The number of carbonyl (C=O) groups excluding carboxylic acids is 2. The number of ether oxygens (including phenoxy) is 2. The highest BCUT2D eigenvalue weighted by atomic mass is 32.2. The highest BCUT2D eigenvalue weighted by molar-refractivity contribution is 7.91. The van der Waals surface area contributed by atoms with Crippen LogP contribution < -0.4 is 5.32 Å². The molecule has 13 nitrogen and oxygen atoms in total. The summed E-state index contributed by atoms with van der Waals surface area (Å²) in [6.07, 6.45) is 4.30. The quantitative estimate of drug-likeness (QED) is 0.285. The molecule has 0 bridgehead atoms. The Labute approximate surface area is 280 Å². The zero-order chi connectivity index (χ0) is 35.3. The van der Waals surface area contributed by atoms with Crippen molar-refractivity contribution in [2.24, 2.45) is 11.8 Å². The zero-order valence-electron chi connectivity index (χ0n) is 28.5. The first kappa shape index (κ1) is 35.5. The van der Waals surface area contributed by atoms with Crippen molar-refractivity contribution in [3.8, 4) is 0 Å². The number of nitrogens with one attached hydrogen (secondary N) is 1. The third-order valence-electron chi connectivity index (χ3n) is 9.05. The molecule has 15 heteroatoms. The maximum Gasteiger partial charge on any atom is 0.339 e. The molecule has 2 aliphatic rings. The molecule has 0 amide bonds. The summed E-state index contributed by atoms with van der Waals surface area (Å²) in [5.41, 5.74) is 2.81. The predicted molar refractivity (Wildman–Crippen MR) is 181 cm³/mol. The zero-order valence-corrected chi connectivity index (χ0v) is 30.2. The van der Waals surface area contributed by atoms with Crippen LogP contribution in [0.1, 0.15) is 84.9 Å². The molecule has 0 radical (unpaired) electrons. The normalized spacial score (nSPS) is 18.0. The molecule has 1 N–H and O–H groups in total. The molecule has 0 aliphatic carbocycles. The van der Waals surface area contributed by atoms with Gasteiger partial charge in [0, 0.05) is 38.1 Å². The van der Waals surface area contributed by atoms with E-state index in [-0.39, 0.29) is 27.0 Å². The van der Waals surface area contributed by atoms with Gasteiger partial charge in [0.05, 0.1) is 63.2 Å². The molecule has 2 atom stereocenters. The Morgan fingerprint density at radius 1 is 0.771 bits per heavy atom. The second-order valence-electron chi connectivity index (χ2n) is 13.1. The standard InChI is InChI=1S/C17H22N2O4S.C16H21N3O4S/c1-10(2)11-6-5-7-19-14-9-15(24(4,21)22)12(17(20)23-3)8-13(14)18-16(11)19;1-9(2)14-15-18-11-7-10(16(20)23-3)13(24(4,21)22)8-12(11)19(15)6-5-17-14/h8-11H,5-7H2,1-4H3;7-9,14,17H,5-6H2,1-4H3/t11-;14-/m11/s1. The van der Waals surface area contributed by atoms with E-state index in [1.807, 2.05) is 4.57 Å². The van der Waals surface area contributed by atoms with E-state index in [0.29, 0.717) is 35.3 Å². The smallest absolute Gasteiger partial charge is 0.339 e. The SMILES string of the molecule is COC(=O)c1cc2nc3n(c2cc1S(C)(=O)=O)CCC[C@@H]3C(C)C.COC(=O)c1cc2nc3n(c2cc1S(C)(=O)=O)CCN[C@@H]3C(C)C. The van der Waals surface area contributed by atoms with E-state index >= 15 is 0 Å². The Morgan fingerprint density at radius 2 is 1.25 bits per heavy atom. The molecule has 48 heavy (non-hydrogen) atoms. The third kappa shape index (κ3) is 6.59. The Bertz CT molecular complexity index is 1980. The number of methoxy groups -OCH3 is 2. The third-order valence-corrected chi connectivity index (χ3v) is 11.3. The molecule has 6 rings (SSSR count). The lowest BCUT2D eigenvalue weighted by molar-refractivity contribution is 0.0588. The lowest BCUT2D eigenvalue weighted by Crippen LogP contribution is -2.36. The van der Waals surface area contributed by atoms with Gasteiger partial charge in [0.25, 0.3) is 0 Å². The average Bonchev–Trinajstić information content (AvgIpc) is 3.59.